The topological polar surface area (TPSA) is 85.8 Å². The summed E-state index contributed by atoms with van der Waals surface area (Å²) in [5.74, 6) is -0.576. The van der Waals surface area contributed by atoms with Gasteiger partial charge in [0.1, 0.15) is 5.82 Å². The Kier molecular flexibility index (Phi) is 5.08. The SMILES string of the molecule is CC(C)C(=O)Nc1ccc2nc(N3CCN(C)CC3)cc(C(=O)O)c2c1. The first-order valence-electron chi connectivity index (χ1n) is 8.77. The number of hydrogen-bond acceptors (Lipinski definition) is 5. The Balaban J connectivity index is 1.99. The van der Waals surface area contributed by atoms with E-state index in [1.165, 1.54) is 0 Å². The molecule has 1 aromatic heterocycles. The Morgan fingerprint density at radius 3 is 2.46 bits per heavy atom. The number of aromatic carboxylic acids is 1. The lowest BCUT2D eigenvalue weighted by Crippen LogP contribution is -2.44. The summed E-state index contributed by atoms with van der Waals surface area (Å²) in [4.78, 5) is 32.7. The van der Waals surface area contributed by atoms with Gasteiger partial charge in [-0.05, 0) is 31.3 Å². The van der Waals surface area contributed by atoms with Crippen molar-refractivity contribution in [3.05, 3.63) is 29.8 Å². The van der Waals surface area contributed by atoms with Crippen LogP contribution in [0.5, 0.6) is 0 Å². The van der Waals surface area contributed by atoms with Crippen molar-refractivity contribution in [2.45, 2.75) is 13.8 Å². The van der Waals surface area contributed by atoms with Crippen LogP contribution in [0.1, 0.15) is 24.2 Å². The van der Waals surface area contributed by atoms with Crippen LogP contribution in [-0.2, 0) is 4.79 Å². The smallest absolute Gasteiger partial charge is 0.336 e. The van der Waals surface area contributed by atoms with Gasteiger partial charge >= 0.3 is 5.97 Å². The number of aromatic nitrogens is 1. The second-order valence-corrected chi connectivity index (χ2v) is 7.00. The Morgan fingerprint density at radius 2 is 1.85 bits per heavy atom. The summed E-state index contributed by atoms with van der Waals surface area (Å²) in [5, 5.41) is 13.0. The molecule has 0 saturated carbocycles. The summed E-state index contributed by atoms with van der Waals surface area (Å²) in [6.07, 6.45) is 0. The zero-order valence-corrected chi connectivity index (χ0v) is 15.3. The van der Waals surface area contributed by atoms with Crippen LogP contribution in [0.15, 0.2) is 24.3 Å². The average Bonchev–Trinajstić information content (AvgIpc) is 2.61. The highest BCUT2D eigenvalue weighted by Gasteiger charge is 2.19. The molecule has 2 aromatic rings. The van der Waals surface area contributed by atoms with Crippen molar-refractivity contribution in [3.8, 4) is 0 Å². The lowest BCUT2D eigenvalue weighted by atomic mass is 10.1. The van der Waals surface area contributed by atoms with E-state index in [2.05, 4.69) is 27.1 Å². The Labute approximate surface area is 152 Å². The zero-order chi connectivity index (χ0) is 18.8. The van der Waals surface area contributed by atoms with Gasteiger partial charge in [0.05, 0.1) is 11.1 Å². The van der Waals surface area contributed by atoms with Gasteiger partial charge in [-0.25, -0.2) is 9.78 Å². The van der Waals surface area contributed by atoms with Crippen molar-refractivity contribution in [1.82, 2.24) is 9.88 Å². The predicted molar refractivity (Wildman–Crippen MR) is 102 cm³/mol. The number of carbonyl (C=O) groups is 2. The second kappa shape index (κ2) is 7.29. The molecule has 1 amide bonds. The molecule has 1 aliphatic heterocycles. The van der Waals surface area contributed by atoms with E-state index >= 15 is 0 Å². The van der Waals surface area contributed by atoms with E-state index < -0.39 is 5.97 Å². The molecule has 0 atom stereocenters. The van der Waals surface area contributed by atoms with E-state index in [0.717, 1.165) is 26.2 Å². The van der Waals surface area contributed by atoms with Crippen molar-refractivity contribution in [1.29, 1.82) is 0 Å². The number of likely N-dealkylation sites (N-methyl/N-ethyl adjacent to an activating group) is 1. The molecule has 1 saturated heterocycles. The number of benzene rings is 1. The number of pyridine rings is 1. The van der Waals surface area contributed by atoms with E-state index in [-0.39, 0.29) is 17.4 Å². The molecule has 26 heavy (non-hydrogen) atoms. The van der Waals surface area contributed by atoms with E-state index in [0.29, 0.717) is 22.4 Å². The van der Waals surface area contributed by atoms with Gasteiger partial charge in [-0.3, -0.25) is 4.79 Å². The molecular formula is C19H24N4O3. The molecule has 0 aliphatic carbocycles. The van der Waals surface area contributed by atoms with Gasteiger partial charge in [-0.1, -0.05) is 13.8 Å². The first-order valence-corrected chi connectivity index (χ1v) is 8.77. The fourth-order valence-corrected chi connectivity index (χ4v) is 2.95. The summed E-state index contributed by atoms with van der Waals surface area (Å²) in [6.45, 7) is 7.09. The van der Waals surface area contributed by atoms with Crippen LogP contribution in [0.4, 0.5) is 11.5 Å². The molecule has 0 unspecified atom stereocenters. The minimum Gasteiger partial charge on any atom is -0.478 e. The third-order valence-electron chi connectivity index (χ3n) is 4.64. The number of fused-ring (bicyclic) bond motifs is 1. The van der Waals surface area contributed by atoms with Gasteiger partial charge in [0, 0.05) is 43.2 Å². The predicted octanol–water partition coefficient (Wildman–Crippen LogP) is 2.28. The number of anilines is 2. The van der Waals surface area contributed by atoms with Crippen molar-refractivity contribution in [2.75, 3.05) is 43.4 Å². The number of nitrogens with zero attached hydrogens (tertiary/aromatic N) is 3. The maximum absolute atomic E-state index is 11.9. The monoisotopic (exact) mass is 356 g/mol. The highest BCUT2D eigenvalue weighted by Crippen LogP contribution is 2.26. The molecule has 0 radical (unpaired) electrons. The number of carboxylic acids is 1. The van der Waals surface area contributed by atoms with Crippen LogP contribution in [0.25, 0.3) is 10.9 Å². The average molecular weight is 356 g/mol. The molecule has 7 heteroatoms. The highest BCUT2D eigenvalue weighted by atomic mass is 16.4. The molecule has 1 fully saturated rings. The molecule has 2 N–H and O–H groups in total. The fraction of sp³-hybridized carbons (Fsp3) is 0.421. The largest absolute Gasteiger partial charge is 0.478 e. The van der Waals surface area contributed by atoms with Gasteiger partial charge in [-0.15, -0.1) is 0 Å². The zero-order valence-electron chi connectivity index (χ0n) is 15.3. The first-order chi connectivity index (χ1) is 12.3. The number of rotatable bonds is 4. The molecule has 0 bridgehead atoms. The summed E-state index contributed by atoms with van der Waals surface area (Å²) < 4.78 is 0. The number of carbonyl (C=O) groups excluding carboxylic acids is 1. The third-order valence-corrected chi connectivity index (χ3v) is 4.64. The standard InChI is InChI=1S/C19H24N4O3/c1-12(2)18(24)20-13-4-5-16-14(10-13)15(19(25)26)11-17(21-16)23-8-6-22(3)7-9-23/h4-5,10-12H,6-9H2,1-3H3,(H,20,24)(H,25,26). The normalized spacial score (nSPS) is 15.5. The summed E-state index contributed by atoms with van der Waals surface area (Å²) in [5.41, 5.74) is 1.39. The van der Waals surface area contributed by atoms with Crippen molar-refractivity contribution >= 4 is 34.3 Å². The van der Waals surface area contributed by atoms with Gasteiger partial charge in [0.15, 0.2) is 0 Å². The van der Waals surface area contributed by atoms with Crippen LogP contribution in [-0.4, -0.2) is 60.1 Å². The lowest BCUT2D eigenvalue weighted by Gasteiger charge is -2.33. The molecule has 138 valence electrons. The summed E-state index contributed by atoms with van der Waals surface area (Å²) >= 11 is 0. The third kappa shape index (κ3) is 3.77. The maximum atomic E-state index is 11.9. The van der Waals surface area contributed by atoms with Crippen LogP contribution < -0.4 is 10.2 Å². The van der Waals surface area contributed by atoms with E-state index in [4.69, 9.17) is 0 Å². The van der Waals surface area contributed by atoms with Gasteiger partial charge in [0.2, 0.25) is 5.91 Å². The molecule has 2 heterocycles. The van der Waals surface area contributed by atoms with Gasteiger partial charge in [0.25, 0.3) is 0 Å². The van der Waals surface area contributed by atoms with Crippen LogP contribution >= 0.6 is 0 Å². The summed E-state index contributed by atoms with van der Waals surface area (Å²) in [7, 11) is 2.07. The molecular weight excluding hydrogens is 332 g/mol. The van der Waals surface area contributed by atoms with E-state index in [1.54, 1.807) is 24.3 Å². The van der Waals surface area contributed by atoms with E-state index in [9.17, 15) is 14.7 Å². The van der Waals surface area contributed by atoms with Gasteiger partial charge in [-0.2, -0.15) is 0 Å². The lowest BCUT2D eigenvalue weighted by molar-refractivity contribution is -0.118. The Bertz CT molecular complexity index is 842. The molecule has 1 aromatic carbocycles. The van der Waals surface area contributed by atoms with Crippen LogP contribution in [0, 0.1) is 5.92 Å². The van der Waals surface area contributed by atoms with E-state index in [1.807, 2.05) is 13.8 Å². The maximum Gasteiger partial charge on any atom is 0.336 e. The van der Waals surface area contributed by atoms with Crippen molar-refractivity contribution in [2.24, 2.45) is 5.92 Å². The number of hydrogen-bond donors (Lipinski definition) is 2. The van der Waals surface area contributed by atoms with Crippen molar-refractivity contribution < 1.29 is 14.7 Å². The molecule has 7 nitrogen and oxygen atoms in total. The van der Waals surface area contributed by atoms with Gasteiger partial charge < -0.3 is 20.2 Å². The number of amides is 1. The first kappa shape index (κ1) is 18.1. The van der Waals surface area contributed by atoms with Crippen LogP contribution in [0.3, 0.4) is 0 Å². The number of carboxylic acid groups (broad SMARTS) is 1. The Morgan fingerprint density at radius 1 is 1.15 bits per heavy atom. The minimum atomic E-state index is -1.000. The molecule has 1 aliphatic rings. The summed E-state index contributed by atoms with van der Waals surface area (Å²) in [6, 6.07) is 6.83. The number of nitrogens with one attached hydrogen (secondary N) is 1. The Hall–Kier alpha value is -2.67. The molecule has 0 spiro atoms. The van der Waals surface area contributed by atoms with Crippen molar-refractivity contribution in [3.63, 3.8) is 0 Å². The van der Waals surface area contributed by atoms with Crippen LogP contribution in [0.2, 0.25) is 0 Å². The molecule has 3 rings (SSSR count). The fourth-order valence-electron chi connectivity index (χ4n) is 2.95. The highest BCUT2D eigenvalue weighted by molar-refractivity contribution is 6.05. The number of piperazine rings is 1. The minimum absolute atomic E-state index is 0.108. The second-order valence-electron chi connectivity index (χ2n) is 7.00. The quantitative estimate of drug-likeness (QED) is 0.874.